The molecular formula is C26H23NO6. The number of ketones is 1. The fourth-order valence-corrected chi connectivity index (χ4v) is 3.67. The number of fused-ring (bicyclic) bond motifs is 1. The summed E-state index contributed by atoms with van der Waals surface area (Å²) in [6, 6.07) is 19.3. The Kier molecular flexibility index (Phi) is 6.31. The van der Waals surface area contributed by atoms with E-state index in [9.17, 15) is 9.59 Å². The quantitative estimate of drug-likeness (QED) is 0.293. The molecule has 2 aromatic carbocycles. The van der Waals surface area contributed by atoms with Crippen LogP contribution in [-0.2, 0) is 11.3 Å². The minimum absolute atomic E-state index is 0.0122. The second-order valence-corrected chi connectivity index (χ2v) is 7.20. The summed E-state index contributed by atoms with van der Waals surface area (Å²) < 4.78 is 23.3. The van der Waals surface area contributed by atoms with Crippen molar-refractivity contribution in [2.45, 2.75) is 6.61 Å². The Morgan fingerprint density at radius 2 is 1.48 bits per heavy atom. The number of carbonyl (C=O) groups is 2. The predicted octanol–water partition coefficient (Wildman–Crippen LogP) is 4.55. The zero-order chi connectivity index (χ0) is 23.4. The normalized spacial score (nSPS) is 10.6. The van der Waals surface area contributed by atoms with Crippen LogP contribution < -0.4 is 14.2 Å². The number of methoxy groups -OCH3 is 3. The third-order valence-electron chi connectivity index (χ3n) is 5.26. The van der Waals surface area contributed by atoms with Crippen LogP contribution >= 0.6 is 0 Å². The van der Waals surface area contributed by atoms with E-state index in [1.807, 2.05) is 12.1 Å². The molecule has 7 nitrogen and oxygen atoms in total. The fourth-order valence-electron chi connectivity index (χ4n) is 3.67. The van der Waals surface area contributed by atoms with E-state index in [0.717, 1.165) is 0 Å². The van der Waals surface area contributed by atoms with Crippen molar-refractivity contribution in [1.82, 2.24) is 4.40 Å². The number of carbonyl (C=O) groups excluding carboxylic acids is 2. The lowest BCUT2D eigenvalue weighted by atomic mass is 10.1. The summed E-state index contributed by atoms with van der Waals surface area (Å²) in [7, 11) is 4.56. The third kappa shape index (κ3) is 4.25. The van der Waals surface area contributed by atoms with Gasteiger partial charge in [0.25, 0.3) is 0 Å². The molecule has 0 aliphatic carbocycles. The average molecular weight is 445 g/mol. The van der Waals surface area contributed by atoms with E-state index in [4.69, 9.17) is 18.9 Å². The molecule has 7 heteroatoms. The van der Waals surface area contributed by atoms with Gasteiger partial charge in [-0.05, 0) is 35.9 Å². The summed E-state index contributed by atoms with van der Waals surface area (Å²) in [5, 5.41) is 0. The summed E-state index contributed by atoms with van der Waals surface area (Å²) in [5.41, 5.74) is 2.49. The minimum Gasteiger partial charge on any atom is -0.493 e. The van der Waals surface area contributed by atoms with Crippen molar-refractivity contribution in [3.05, 3.63) is 95.3 Å². The lowest BCUT2D eigenvalue weighted by Gasteiger charge is -2.14. The molecule has 0 saturated carbocycles. The summed E-state index contributed by atoms with van der Waals surface area (Å²) in [5.74, 6) is 0.665. The molecule has 33 heavy (non-hydrogen) atoms. The smallest absolute Gasteiger partial charge is 0.340 e. The van der Waals surface area contributed by atoms with Gasteiger partial charge in [-0.15, -0.1) is 0 Å². The van der Waals surface area contributed by atoms with Crippen molar-refractivity contribution in [2.75, 3.05) is 21.3 Å². The molecule has 168 valence electrons. The minimum atomic E-state index is -0.542. The molecule has 0 saturated heterocycles. The van der Waals surface area contributed by atoms with Gasteiger partial charge in [0.1, 0.15) is 6.61 Å². The number of hydrogen-bond acceptors (Lipinski definition) is 6. The van der Waals surface area contributed by atoms with Crippen LogP contribution in [0.1, 0.15) is 32.0 Å². The average Bonchev–Trinajstić information content (AvgIpc) is 3.26. The molecule has 0 atom stereocenters. The standard InChI is InChI=1S/C26H23NO6/c1-30-22-13-17(14-23(31-2)25(22)32-3)16-33-26(29)19-15-21(27-12-8-7-11-20(19)27)24(28)18-9-5-4-6-10-18/h4-15H,16H2,1-3H3. The van der Waals surface area contributed by atoms with E-state index >= 15 is 0 Å². The molecule has 2 heterocycles. The SMILES string of the molecule is COc1cc(COC(=O)c2cc(C(=O)c3ccccc3)n3ccccc23)cc(OC)c1OC. The van der Waals surface area contributed by atoms with Crippen molar-refractivity contribution >= 4 is 17.3 Å². The van der Waals surface area contributed by atoms with Gasteiger partial charge in [-0.3, -0.25) is 4.79 Å². The Morgan fingerprint density at radius 1 is 0.818 bits per heavy atom. The summed E-state index contributed by atoms with van der Waals surface area (Å²) in [4.78, 5) is 26.1. The highest BCUT2D eigenvalue weighted by molar-refractivity contribution is 6.11. The van der Waals surface area contributed by atoms with Gasteiger partial charge in [-0.1, -0.05) is 36.4 Å². The van der Waals surface area contributed by atoms with Crippen LogP contribution in [0.25, 0.3) is 5.52 Å². The zero-order valence-corrected chi connectivity index (χ0v) is 18.5. The van der Waals surface area contributed by atoms with Crippen molar-refractivity contribution in [1.29, 1.82) is 0 Å². The molecule has 2 aromatic heterocycles. The highest BCUT2D eigenvalue weighted by atomic mass is 16.5. The highest BCUT2D eigenvalue weighted by Crippen LogP contribution is 2.38. The number of benzene rings is 2. The molecular weight excluding hydrogens is 422 g/mol. The van der Waals surface area contributed by atoms with E-state index in [1.54, 1.807) is 65.2 Å². The third-order valence-corrected chi connectivity index (χ3v) is 5.26. The van der Waals surface area contributed by atoms with E-state index in [2.05, 4.69) is 0 Å². The summed E-state index contributed by atoms with van der Waals surface area (Å²) >= 11 is 0. The van der Waals surface area contributed by atoms with Crippen molar-refractivity contribution < 1.29 is 28.5 Å². The van der Waals surface area contributed by atoms with Crippen molar-refractivity contribution in [2.24, 2.45) is 0 Å². The van der Waals surface area contributed by atoms with Crippen LogP contribution in [0, 0.1) is 0 Å². The van der Waals surface area contributed by atoms with Crippen molar-refractivity contribution in [3.63, 3.8) is 0 Å². The van der Waals surface area contributed by atoms with E-state index < -0.39 is 5.97 Å². The summed E-state index contributed by atoms with van der Waals surface area (Å²) in [6.07, 6.45) is 1.75. The van der Waals surface area contributed by atoms with Crippen molar-refractivity contribution in [3.8, 4) is 17.2 Å². The number of nitrogens with zero attached hydrogens (tertiary/aromatic N) is 1. The number of ether oxygens (including phenoxy) is 4. The largest absolute Gasteiger partial charge is 0.493 e. The van der Waals surface area contributed by atoms with Gasteiger partial charge >= 0.3 is 5.97 Å². The van der Waals surface area contributed by atoms with Gasteiger partial charge in [0, 0.05) is 11.8 Å². The number of aromatic nitrogens is 1. The molecule has 0 N–H and O–H groups in total. The molecule has 0 bridgehead atoms. The fraction of sp³-hybridized carbons (Fsp3) is 0.154. The van der Waals surface area contributed by atoms with E-state index in [-0.39, 0.29) is 12.4 Å². The number of hydrogen-bond donors (Lipinski definition) is 0. The van der Waals surface area contributed by atoms with Crippen LogP contribution in [0.4, 0.5) is 0 Å². The molecule has 0 radical (unpaired) electrons. The lowest BCUT2D eigenvalue weighted by Crippen LogP contribution is -2.06. The lowest BCUT2D eigenvalue weighted by molar-refractivity contribution is 0.0474. The van der Waals surface area contributed by atoms with E-state index in [1.165, 1.54) is 21.3 Å². The molecule has 0 fully saturated rings. The molecule has 4 rings (SSSR count). The predicted molar refractivity (Wildman–Crippen MR) is 122 cm³/mol. The first-order valence-corrected chi connectivity index (χ1v) is 10.2. The van der Waals surface area contributed by atoms with Gasteiger partial charge in [-0.25, -0.2) is 4.79 Å². The van der Waals surface area contributed by atoms with Gasteiger partial charge < -0.3 is 23.3 Å². The second kappa shape index (κ2) is 9.48. The summed E-state index contributed by atoms with van der Waals surface area (Å²) in [6.45, 7) is -0.0122. The Bertz CT molecular complexity index is 1280. The number of rotatable bonds is 8. The van der Waals surface area contributed by atoms with Gasteiger partial charge in [0.15, 0.2) is 11.5 Å². The molecule has 0 aliphatic heterocycles. The first-order chi connectivity index (χ1) is 16.1. The Morgan fingerprint density at radius 3 is 2.12 bits per heavy atom. The molecule has 4 aromatic rings. The molecule has 0 spiro atoms. The Balaban J connectivity index is 1.63. The maximum atomic E-state index is 13.1. The topological polar surface area (TPSA) is 75.5 Å². The highest BCUT2D eigenvalue weighted by Gasteiger charge is 2.22. The second-order valence-electron chi connectivity index (χ2n) is 7.20. The van der Waals surface area contributed by atoms with Crippen LogP contribution in [0.2, 0.25) is 0 Å². The maximum absolute atomic E-state index is 13.1. The Hall–Kier alpha value is -4.26. The van der Waals surface area contributed by atoms with Gasteiger partial charge in [-0.2, -0.15) is 0 Å². The monoisotopic (exact) mass is 445 g/mol. The van der Waals surface area contributed by atoms with Gasteiger partial charge in [0.2, 0.25) is 11.5 Å². The first kappa shape index (κ1) is 22.0. The Labute approximate surface area is 191 Å². The maximum Gasteiger partial charge on any atom is 0.340 e. The number of pyridine rings is 1. The first-order valence-electron chi connectivity index (χ1n) is 10.2. The molecule has 0 amide bonds. The number of esters is 1. The molecule has 0 unspecified atom stereocenters. The van der Waals surface area contributed by atoms with Crippen LogP contribution in [0.3, 0.4) is 0 Å². The zero-order valence-electron chi connectivity index (χ0n) is 18.5. The van der Waals surface area contributed by atoms with Crippen LogP contribution in [0.15, 0.2) is 72.9 Å². The van der Waals surface area contributed by atoms with Crippen LogP contribution in [-0.4, -0.2) is 37.5 Å². The van der Waals surface area contributed by atoms with E-state index in [0.29, 0.717) is 45.1 Å². The van der Waals surface area contributed by atoms with Gasteiger partial charge in [0.05, 0.1) is 38.1 Å². The molecule has 0 aliphatic rings. The van der Waals surface area contributed by atoms with Crippen LogP contribution in [0.5, 0.6) is 17.2 Å².